The van der Waals surface area contributed by atoms with E-state index >= 15 is 0 Å². The number of fused-ring (bicyclic) bond motifs is 3. The van der Waals surface area contributed by atoms with Gasteiger partial charge in [0.1, 0.15) is 0 Å². The van der Waals surface area contributed by atoms with Gasteiger partial charge in [-0.15, -0.1) is 0 Å². The highest BCUT2D eigenvalue weighted by Gasteiger charge is 2.59. The molecule has 5 rings (SSSR count). The van der Waals surface area contributed by atoms with E-state index in [1.54, 1.807) is 22.3 Å². The molecule has 0 radical (unpaired) electrons. The van der Waals surface area contributed by atoms with Crippen LogP contribution in [0, 0.1) is 47.3 Å². The summed E-state index contributed by atoms with van der Waals surface area (Å²) < 4.78 is 0. The Morgan fingerprint density at radius 1 is 0.585 bits per heavy atom. The van der Waals surface area contributed by atoms with Gasteiger partial charge in [-0.05, 0) is 117 Å². The molecule has 6 unspecified atom stereocenters. The van der Waals surface area contributed by atoms with Gasteiger partial charge >= 0.3 is 0 Å². The van der Waals surface area contributed by atoms with Gasteiger partial charge in [0.05, 0.1) is 0 Å². The van der Waals surface area contributed by atoms with Crippen LogP contribution in [0.25, 0.3) is 11.1 Å². The minimum Gasteiger partial charge on any atom is -0.0625 e. The third kappa shape index (κ3) is 5.27. The van der Waals surface area contributed by atoms with Crippen molar-refractivity contribution < 1.29 is 0 Å². The Kier molecular flexibility index (Phi) is 8.18. The molecule has 2 fully saturated rings. The summed E-state index contributed by atoms with van der Waals surface area (Å²) in [6.07, 6.45) is 8.32. The molecule has 0 spiro atoms. The van der Waals surface area contributed by atoms with Gasteiger partial charge in [-0.25, -0.2) is 0 Å². The maximum absolute atomic E-state index is 2.74. The monoisotopic (exact) mass is 554 g/mol. The summed E-state index contributed by atoms with van der Waals surface area (Å²) in [5.74, 6) is 5.95. The van der Waals surface area contributed by atoms with Crippen LogP contribution in [0.2, 0.25) is 0 Å². The second-order valence-corrected chi connectivity index (χ2v) is 17.8. The van der Waals surface area contributed by atoms with Crippen LogP contribution in [-0.4, -0.2) is 0 Å². The molecule has 0 aliphatic heterocycles. The second kappa shape index (κ2) is 10.9. The van der Waals surface area contributed by atoms with E-state index in [0.29, 0.717) is 23.7 Å². The van der Waals surface area contributed by atoms with E-state index in [1.807, 2.05) is 0 Å². The Hall–Kier alpha value is -1.56. The predicted molar refractivity (Wildman–Crippen MR) is 180 cm³/mol. The molecular weight excluding hydrogens is 492 g/mol. The fourth-order valence-corrected chi connectivity index (χ4v) is 9.85. The first kappa shape index (κ1) is 30.9. The van der Waals surface area contributed by atoms with Crippen LogP contribution < -0.4 is 0 Å². The van der Waals surface area contributed by atoms with E-state index in [9.17, 15) is 0 Å². The highest BCUT2D eigenvalue weighted by Crippen LogP contribution is 2.66. The molecule has 0 heterocycles. The molecule has 0 aromatic heterocycles. The molecule has 41 heavy (non-hydrogen) atoms. The molecule has 0 N–H and O–H groups in total. The highest BCUT2D eigenvalue weighted by atomic mass is 14.6. The van der Waals surface area contributed by atoms with Gasteiger partial charge in [0, 0.05) is 5.41 Å². The first-order valence-electron chi connectivity index (χ1n) is 17.4. The molecule has 0 nitrogen and oxygen atoms in total. The van der Waals surface area contributed by atoms with Crippen molar-refractivity contribution >= 4 is 0 Å². The van der Waals surface area contributed by atoms with Gasteiger partial charge in [0.25, 0.3) is 0 Å². The lowest BCUT2D eigenvalue weighted by atomic mass is 9.47. The summed E-state index contributed by atoms with van der Waals surface area (Å²) >= 11 is 0. The van der Waals surface area contributed by atoms with E-state index in [0.717, 1.165) is 23.7 Å². The average molecular weight is 555 g/mol. The second-order valence-electron chi connectivity index (χ2n) is 17.8. The SMILES string of the molecule is CC1CCC(C(C)C)C(C2(C3CC(C)CCC3C(C)C)c3cc(C(C)(C)C)ccc3-c3ccc(C(C)(C)C)cc32)C1. The topological polar surface area (TPSA) is 0 Å². The largest absolute Gasteiger partial charge is 0.0625 e. The molecule has 3 aliphatic carbocycles. The summed E-state index contributed by atoms with van der Waals surface area (Å²) in [7, 11) is 0. The third-order valence-electron chi connectivity index (χ3n) is 12.2. The van der Waals surface area contributed by atoms with Gasteiger partial charge in [-0.2, -0.15) is 0 Å². The number of hydrogen-bond acceptors (Lipinski definition) is 0. The maximum atomic E-state index is 2.74. The third-order valence-corrected chi connectivity index (χ3v) is 12.2. The first-order chi connectivity index (χ1) is 19.1. The van der Waals surface area contributed by atoms with Crippen molar-refractivity contribution in [3.05, 3.63) is 58.7 Å². The Labute approximate surface area is 254 Å². The Morgan fingerprint density at radius 2 is 0.951 bits per heavy atom. The zero-order valence-electron chi connectivity index (χ0n) is 28.8. The van der Waals surface area contributed by atoms with E-state index in [2.05, 4.69) is 119 Å². The average Bonchev–Trinajstić information content (AvgIpc) is 3.17. The van der Waals surface area contributed by atoms with Gasteiger partial charge < -0.3 is 0 Å². The minimum absolute atomic E-state index is 0.0837. The molecule has 3 aliphatic rings. The lowest BCUT2D eigenvalue weighted by Gasteiger charge is -2.57. The summed E-state index contributed by atoms with van der Waals surface area (Å²) in [5, 5.41) is 0. The Balaban J connectivity index is 1.93. The van der Waals surface area contributed by atoms with Crippen LogP contribution in [0.1, 0.15) is 144 Å². The maximum Gasteiger partial charge on any atom is 0.0277 e. The van der Waals surface area contributed by atoms with Crippen LogP contribution in [0.3, 0.4) is 0 Å². The van der Waals surface area contributed by atoms with Crippen LogP contribution in [-0.2, 0) is 16.2 Å². The number of hydrogen-bond donors (Lipinski definition) is 0. The molecule has 0 saturated heterocycles. The van der Waals surface area contributed by atoms with Gasteiger partial charge in [0.15, 0.2) is 0 Å². The Morgan fingerprint density at radius 3 is 1.27 bits per heavy atom. The van der Waals surface area contributed by atoms with Gasteiger partial charge in [-0.3, -0.25) is 0 Å². The van der Waals surface area contributed by atoms with Crippen molar-refractivity contribution in [2.75, 3.05) is 0 Å². The molecule has 2 aromatic carbocycles. The lowest BCUT2D eigenvalue weighted by Crippen LogP contribution is -2.53. The highest BCUT2D eigenvalue weighted by molar-refractivity contribution is 5.82. The molecule has 0 heteroatoms. The van der Waals surface area contributed by atoms with Crippen LogP contribution in [0.4, 0.5) is 0 Å². The van der Waals surface area contributed by atoms with Crippen molar-refractivity contribution in [3.63, 3.8) is 0 Å². The van der Waals surface area contributed by atoms with Gasteiger partial charge in [-0.1, -0.05) is 132 Å². The molecular formula is C41H62. The summed E-state index contributed by atoms with van der Waals surface area (Å²) in [6, 6.07) is 15.5. The van der Waals surface area contributed by atoms with Crippen molar-refractivity contribution in [2.24, 2.45) is 47.3 Å². The lowest BCUT2D eigenvalue weighted by molar-refractivity contribution is 0.00198. The van der Waals surface area contributed by atoms with Crippen molar-refractivity contribution in [1.29, 1.82) is 0 Å². The zero-order chi connectivity index (χ0) is 30.1. The quantitative estimate of drug-likeness (QED) is 0.352. The predicted octanol–water partition coefficient (Wildman–Crippen LogP) is 12.0. The normalized spacial score (nSPS) is 30.0. The fraction of sp³-hybridized carbons (Fsp3) is 0.707. The molecule has 2 aromatic rings. The minimum atomic E-state index is 0.0837. The number of benzene rings is 2. The Bertz CT molecular complexity index is 1130. The summed E-state index contributed by atoms with van der Waals surface area (Å²) in [4.78, 5) is 0. The van der Waals surface area contributed by atoms with Gasteiger partial charge in [0.2, 0.25) is 0 Å². The van der Waals surface area contributed by atoms with Crippen molar-refractivity contribution in [1.82, 2.24) is 0 Å². The molecule has 0 bridgehead atoms. The van der Waals surface area contributed by atoms with Crippen LogP contribution in [0.15, 0.2) is 36.4 Å². The molecule has 0 amide bonds. The molecule has 2 saturated carbocycles. The van der Waals surface area contributed by atoms with E-state index in [-0.39, 0.29) is 16.2 Å². The van der Waals surface area contributed by atoms with Crippen molar-refractivity contribution in [2.45, 2.75) is 138 Å². The fourth-order valence-electron chi connectivity index (χ4n) is 9.85. The first-order valence-corrected chi connectivity index (χ1v) is 17.4. The summed E-state index contributed by atoms with van der Waals surface area (Å²) in [6.45, 7) is 29.8. The number of rotatable bonds is 4. The van der Waals surface area contributed by atoms with Crippen LogP contribution >= 0.6 is 0 Å². The standard InChI is InChI=1S/C41H62/c1-25(2)31-17-13-27(5)21-35(31)41(36-22-28(6)14-18-32(36)26(3)4)37-23-29(39(7,8)9)15-19-33(37)34-20-16-30(24-38(34)41)40(10,11)12/h15-16,19-20,23-28,31-32,35-36H,13-14,17-18,21-22H2,1-12H3. The molecule has 226 valence electrons. The zero-order valence-corrected chi connectivity index (χ0v) is 28.8. The van der Waals surface area contributed by atoms with E-state index in [1.165, 1.54) is 49.7 Å². The summed E-state index contributed by atoms with van der Waals surface area (Å²) in [5.41, 5.74) is 9.91. The van der Waals surface area contributed by atoms with Crippen molar-refractivity contribution in [3.8, 4) is 11.1 Å². The van der Waals surface area contributed by atoms with E-state index in [4.69, 9.17) is 0 Å². The smallest absolute Gasteiger partial charge is 0.0277 e. The van der Waals surface area contributed by atoms with E-state index < -0.39 is 0 Å². The molecule has 6 atom stereocenters. The van der Waals surface area contributed by atoms with Crippen LogP contribution in [0.5, 0.6) is 0 Å².